The van der Waals surface area contributed by atoms with E-state index in [0.717, 1.165) is 11.3 Å². The van der Waals surface area contributed by atoms with E-state index in [1.54, 1.807) is 24.5 Å². The lowest BCUT2D eigenvalue weighted by Gasteiger charge is -2.16. The van der Waals surface area contributed by atoms with Crippen LogP contribution in [0.1, 0.15) is 54.3 Å². The van der Waals surface area contributed by atoms with Gasteiger partial charge in [-0.15, -0.1) is 0 Å². The minimum atomic E-state index is -0.948. The van der Waals surface area contributed by atoms with Crippen LogP contribution in [0.4, 0.5) is 5.82 Å². The first-order chi connectivity index (χ1) is 9.97. The Morgan fingerprint density at radius 2 is 2.05 bits per heavy atom. The first kappa shape index (κ1) is 15.0. The molecule has 2 rings (SSSR count). The van der Waals surface area contributed by atoms with Crippen molar-refractivity contribution < 1.29 is 9.90 Å². The van der Waals surface area contributed by atoms with E-state index in [4.69, 9.17) is 0 Å². The van der Waals surface area contributed by atoms with Gasteiger partial charge in [0.05, 0.1) is 11.6 Å². The van der Waals surface area contributed by atoms with Gasteiger partial charge in [-0.2, -0.15) is 0 Å². The lowest BCUT2D eigenvalue weighted by atomic mass is 10.1. The van der Waals surface area contributed by atoms with Crippen molar-refractivity contribution in [1.82, 2.24) is 9.97 Å². The number of pyridine rings is 2. The molecule has 5 nitrogen and oxygen atoms in total. The summed E-state index contributed by atoms with van der Waals surface area (Å²) in [5.74, 6) is -0.218. The van der Waals surface area contributed by atoms with Crippen molar-refractivity contribution >= 4 is 11.8 Å². The van der Waals surface area contributed by atoms with Crippen LogP contribution in [0.3, 0.4) is 0 Å². The monoisotopic (exact) mass is 285 g/mol. The summed E-state index contributed by atoms with van der Waals surface area (Å²) in [5, 5.41) is 12.4. The topological polar surface area (TPSA) is 75.1 Å². The van der Waals surface area contributed by atoms with Crippen LogP contribution in [0.2, 0.25) is 0 Å². The fourth-order valence-corrected chi connectivity index (χ4v) is 1.98. The number of hydrogen-bond donors (Lipinski definition) is 2. The summed E-state index contributed by atoms with van der Waals surface area (Å²) in [6, 6.07) is 7.01. The molecule has 0 amide bonds. The second-order valence-electron chi connectivity index (χ2n) is 5.28. The highest BCUT2D eigenvalue weighted by Gasteiger charge is 2.13. The Bertz CT molecular complexity index is 627. The number of aromatic carboxylic acids is 1. The molecule has 0 aromatic carbocycles. The largest absolute Gasteiger partial charge is 0.478 e. The molecular weight excluding hydrogens is 266 g/mol. The minimum absolute atomic E-state index is 0.00439. The van der Waals surface area contributed by atoms with Crippen LogP contribution in [0, 0.1) is 0 Å². The molecule has 0 spiro atoms. The number of carboxylic acids is 1. The van der Waals surface area contributed by atoms with E-state index < -0.39 is 5.97 Å². The van der Waals surface area contributed by atoms with Crippen molar-refractivity contribution in [3.8, 4) is 0 Å². The molecule has 0 saturated heterocycles. The standard InChI is InChI=1S/C16H19N3O2/c1-10(2)14-7-13(16(20)21)8-15(19-14)18-11(3)12-5-4-6-17-9-12/h4-11H,1-3H3,(H,18,19)(H,20,21). The average Bonchev–Trinajstić information content (AvgIpc) is 2.47. The van der Waals surface area contributed by atoms with Crippen LogP contribution >= 0.6 is 0 Å². The molecule has 5 heteroatoms. The molecular formula is C16H19N3O2. The third-order valence-corrected chi connectivity index (χ3v) is 3.23. The van der Waals surface area contributed by atoms with Gasteiger partial charge in [-0.05, 0) is 36.6 Å². The molecule has 0 bridgehead atoms. The average molecular weight is 285 g/mol. The molecule has 0 aliphatic carbocycles. The van der Waals surface area contributed by atoms with Gasteiger partial charge in [-0.3, -0.25) is 4.98 Å². The van der Waals surface area contributed by atoms with Crippen LogP contribution < -0.4 is 5.32 Å². The van der Waals surface area contributed by atoms with Gasteiger partial charge in [-0.25, -0.2) is 9.78 Å². The number of carbonyl (C=O) groups is 1. The van der Waals surface area contributed by atoms with Crippen LogP contribution in [-0.2, 0) is 0 Å². The third-order valence-electron chi connectivity index (χ3n) is 3.23. The third kappa shape index (κ3) is 3.78. The predicted molar refractivity (Wildman–Crippen MR) is 81.6 cm³/mol. The maximum Gasteiger partial charge on any atom is 0.335 e. The van der Waals surface area contributed by atoms with Crippen molar-refractivity contribution in [2.75, 3.05) is 5.32 Å². The van der Waals surface area contributed by atoms with Crippen LogP contribution in [0.15, 0.2) is 36.7 Å². The molecule has 0 aliphatic heterocycles. The zero-order valence-corrected chi connectivity index (χ0v) is 12.4. The predicted octanol–water partition coefficient (Wildman–Crippen LogP) is 3.47. The zero-order chi connectivity index (χ0) is 15.4. The Kier molecular flexibility index (Phi) is 4.52. The summed E-state index contributed by atoms with van der Waals surface area (Å²) in [6.45, 7) is 5.96. The minimum Gasteiger partial charge on any atom is -0.478 e. The van der Waals surface area contributed by atoms with Crippen molar-refractivity contribution in [3.63, 3.8) is 0 Å². The molecule has 2 N–H and O–H groups in total. The molecule has 0 saturated carbocycles. The molecule has 1 atom stereocenters. The first-order valence-electron chi connectivity index (χ1n) is 6.89. The summed E-state index contributed by atoms with van der Waals surface area (Å²) >= 11 is 0. The highest BCUT2D eigenvalue weighted by Crippen LogP contribution is 2.21. The molecule has 2 heterocycles. The number of nitrogens with zero attached hydrogens (tertiary/aromatic N) is 2. The van der Waals surface area contributed by atoms with Gasteiger partial charge in [-0.1, -0.05) is 19.9 Å². The first-order valence-corrected chi connectivity index (χ1v) is 6.89. The van der Waals surface area contributed by atoms with Gasteiger partial charge in [0.2, 0.25) is 0 Å². The fraction of sp³-hybridized carbons (Fsp3) is 0.312. The lowest BCUT2D eigenvalue weighted by molar-refractivity contribution is 0.0696. The number of aromatic nitrogens is 2. The molecule has 110 valence electrons. The van der Waals surface area contributed by atoms with E-state index in [-0.39, 0.29) is 17.5 Å². The molecule has 1 unspecified atom stereocenters. The smallest absolute Gasteiger partial charge is 0.335 e. The Balaban J connectivity index is 2.29. The molecule has 21 heavy (non-hydrogen) atoms. The molecule has 0 radical (unpaired) electrons. The van der Waals surface area contributed by atoms with Crippen molar-refractivity contribution in [3.05, 3.63) is 53.5 Å². The van der Waals surface area contributed by atoms with E-state index in [1.165, 1.54) is 0 Å². The normalized spacial score (nSPS) is 12.2. The molecule has 2 aromatic rings. The van der Waals surface area contributed by atoms with E-state index in [0.29, 0.717) is 5.82 Å². The summed E-state index contributed by atoms with van der Waals surface area (Å²) in [5.41, 5.74) is 2.02. The van der Waals surface area contributed by atoms with Gasteiger partial charge in [0, 0.05) is 18.1 Å². The van der Waals surface area contributed by atoms with Crippen LogP contribution in [-0.4, -0.2) is 21.0 Å². The summed E-state index contributed by atoms with van der Waals surface area (Å²) < 4.78 is 0. The Labute approximate surface area is 124 Å². The van der Waals surface area contributed by atoms with E-state index in [9.17, 15) is 9.90 Å². The van der Waals surface area contributed by atoms with E-state index in [2.05, 4.69) is 15.3 Å². The second kappa shape index (κ2) is 6.35. The number of nitrogens with one attached hydrogen (secondary N) is 1. The molecule has 0 fully saturated rings. The lowest BCUT2D eigenvalue weighted by Crippen LogP contribution is -2.11. The van der Waals surface area contributed by atoms with Crippen LogP contribution in [0.5, 0.6) is 0 Å². The SMILES string of the molecule is CC(C)c1cc(C(=O)O)cc(NC(C)c2cccnc2)n1. The number of anilines is 1. The number of hydrogen-bond acceptors (Lipinski definition) is 4. The van der Waals surface area contributed by atoms with Crippen molar-refractivity contribution in [1.29, 1.82) is 0 Å². The Hall–Kier alpha value is -2.43. The van der Waals surface area contributed by atoms with Gasteiger partial charge in [0.1, 0.15) is 5.82 Å². The van der Waals surface area contributed by atoms with Crippen LogP contribution in [0.25, 0.3) is 0 Å². The molecule has 2 aromatic heterocycles. The summed E-state index contributed by atoms with van der Waals surface area (Å²) in [4.78, 5) is 19.8. The maximum atomic E-state index is 11.2. The maximum absolute atomic E-state index is 11.2. The van der Waals surface area contributed by atoms with Gasteiger partial charge >= 0.3 is 5.97 Å². The Morgan fingerprint density at radius 1 is 1.29 bits per heavy atom. The molecule has 0 aliphatic rings. The van der Waals surface area contributed by atoms with Crippen molar-refractivity contribution in [2.24, 2.45) is 0 Å². The van der Waals surface area contributed by atoms with Gasteiger partial charge < -0.3 is 10.4 Å². The highest BCUT2D eigenvalue weighted by atomic mass is 16.4. The fourth-order valence-electron chi connectivity index (χ4n) is 1.98. The Morgan fingerprint density at radius 3 is 2.62 bits per heavy atom. The quantitative estimate of drug-likeness (QED) is 0.879. The van der Waals surface area contributed by atoms with Gasteiger partial charge in [0.25, 0.3) is 0 Å². The van der Waals surface area contributed by atoms with Gasteiger partial charge in [0.15, 0.2) is 0 Å². The highest BCUT2D eigenvalue weighted by molar-refractivity contribution is 5.88. The van der Waals surface area contributed by atoms with Crippen molar-refractivity contribution in [2.45, 2.75) is 32.7 Å². The van der Waals surface area contributed by atoms with E-state index in [1.807, 2.05) is 32.9 Å². The zero-order valence-electron chi connectivity index (χ0n) is 12.4. The summed E-state index contributed by atoms with van der Waals surface area (Å²) in [7, 11) is 0. The number of rotatable bonds is 5. The van der Waals surface area contributed by atoms with E-state index >= 15 is 0 Å². The number of carboxylic acid groups (broad SMARTS) is 1. The summed E-state index contributed by atoms with van der Waals surface area (Å²) in [6.07, 6.45) is 3.50. The second-order valence-corrected chi connectivity index (χ2v) is 5.28.